The Morgan fingerprint density at radius 2 is 1.00 bits per heavy atom. The first-order chi connectivity index (χ1) is 10.7. The zero-order valence-corrected chi connectivity index (χ0v) is 15.5. The fourth-order valence-electron chi connectivity index (χ4n) is 3.11. The molecule has 0 saturated carbocycles. The third kappa shape index (κ3) is 14.8. The van der Waals surface area contributed by atoms with Gasteiger partial charge in [0.05, 0.1) is 6.10 Å². The molecule has 134 valence electrons. The Morgan fingerprint density at radius 3 is 1.41 bits per heavy atom. The molecule has 0 aromatic rings. The van der Waals surface area contributed by atoms with Crippen molar-refractivity contribution in [1.82, 2.24) is 0 Å². The summed E-state index contributed by atoms with van der Waals surface area (Å²) >= 11 is 0. The Balaban J connectivity index is 3.14. The van der Waals surface area contributed by atoms with Crippen molar-refractivity contribution in [3.05, 3.63) is 0 Å². The van der Waals surface area contributed by atoms with Gasteiger partial charge in [-0.2, -0.15) is 0 Å². The standard InChI is InChI=1S/C20H43NO/c1-3-5-6-7-8-9-10-11-12-13-14-15-16-18-20(22)19(21)17-4-2/h19-20,22H,3-18,21H2,1-2H3. The summed E-state index contributed by atoms with van der Waals surface area (Å²) in [5.74, 6) is 0. The topological polar surface area (TPSA) is 46.2 Å². The van der Waals surface area contributed by atoms with Crippen molar-refractivity contribution in [2.45, 2.75) is 129 Å². The molecule has 22 heavy (non-hydrogen) atoms. The van der Waals surface area contributed by atoms with Crippen molar-refractivity contribution >= 4 is 0 Å². The highest BCUT2D eigenvalue weighted by molar-refractivity contribution is 4.70. The van der Waals surface area contributed by atoms with Crippen LogP contribution in [-0.4, -0.2) is 17.3 Å². The molecule has 0 fully saturated rings. The molecule has 0 spiro atoms. The maximum atomic E-state index is 9.90. The van der Waals surface area contributed by atoms with Crippen LogP contribution in [-0.2, 0) is 0 Å². The molecule has 2 unspecified atom stereocenters. The summed E-state index contributed by atoms with van der Waals surface area (Å²) in [7, 11) is 0. The summed E-state index contributed by atoms with van der Waals surface area (Å²) in [5.41, 5.74) is 5.92. The van der Waals surface area contributed by atoms with E-state index in [1.54, 1.807) is 0 Å². The van der Waals surface area contributed by atoms with Crippen LogP contribution in [0, 0.1) is 0 Å². The van der Waals surface area contributed by atoms with E-state index in [9.17, 15) is 5.11 Å². The van der Waals surface area contributed by atoms with Crippen LogP contribution in [0.1, 0.15) is 117 Å². The smallest absolute Gasteiger partial charge is 0.0691 e. The van der Waals surface area contributed by atoms with Gasteiger partial charge in [0, 0.05) is 6.04 Å². The Morgan fingerprint density at radius 1 is 0.591 bits per heavy atom. The number of hydrogen-bond donors (Lipinski definition) is 2. The van der Waals surface area contributed by atoms with Gasteiger partial charge in [-0.15, -0.1) is 0 Å². The van der Waals surface area contributed by atoms with Crippen molar-refractivity contribution in [2.24, 2.45) is 5.73 Å². The molecule has 0 saturated heterocycles. The molecule has 0 radical (unpaired) electrons. The second-order valence-electron chi connectivity index (χ2n) is 7.05. The molecule has 0 bridgehead atoms. The van der Waals surface area contributed by atoms with Crippen LogP contribution in [0.25, 0.3) is 0 Å². The lowest BCUT2D eigenvalue weighted by molar-refractivity contribution is 0.127. The molecule has 2 atom stereocenters. The van der Waals surface area contributed by atoms with E-state index in [2.05, 4.69) is 13.8 Å². The zero-order valence-electron chi connectivity index (χ0n) is 15.5. The molecule has 0 amide bonds. The van der Waals surface area contributed by atoms with E-state index < -0.39 is 0 Å². The van der Waals surface area contributed by atoms with Gasteiger partial charge in [0.2, 0.25) is 0 Å². The van der Waals surface area contributed by atoms with Crippen molar-refractivity contribution in [3.8, 4) is 0 Å². The van der Waals surface area contributed by atoms with E-state index in [4.69, 9.17) is 5.73 Å². The number of hydrogen-bond acceptors (Lipinski definition) is 2. The van der Waals surface area contributed by atoms with E-state index in [1.807, 2.05) is 0 Å². The average molecular weight is 314 g/mol. The van der Waals surface area contributed by atoms with E-state index in [-0.39, 0.29) is 12.1 Å². The van der Waals surface area contributed by atoms with Crippen LogP contribution >= 0.6 is 0 Å². The predicted octanol–water partition coefficient (Wildman–Crippen LogP) is 5.96. The molecular formula is C20H43NO. The van der Waals surface area contributed by atoms with Crippen molar-refractivity contribution in [2.75, 3.05) is 0 Å². The Bertz CT molecular complexity index is 208. The summed E-state index contributed by atoms with van der Waals surface area (Å²) in [6, 6.07) is -0.0117. The monoisotopic (exact) mass is 313 g/mol. The fraction of sp³-hybridized carbons (Fsp3) is 1.00. The number of aliphatic hydroxyl groups excluding tert-OH is 1. The van der Waals surface area contributed by atoms with Crippen molar-refractivity contribution in [1.29, 1.82) is 0 Å². The van der Waals surface area contributed by atoms with Crippen molar-refractivity contribution in [3.63, 3.8) is 0 Å². The Kier molecular flexibility index (Phi) is 17.2. The molecule has 3 N–H and O–H groups in total. The van der Waals surface area contributed by atoms with Gasteiger partial charge >= 0.3 is 0 Å². The van der Waals surface area contributed by atoms with Crippen LogP contribution in [0.2, 0.25) is 0 Å². The van der Waals surface area contributed by atoms with Crippen molar-refractivity contribution < 1.29 is 5.11 Å². The molecule has 0 aromatic carbocycles. The lowest BCUT2D eigenvalue weighted by atomic mass is 10.00. The first kappa shape index (κ1) is 21.9. The fourth-order valence-corrected chi connectivity index (χ4v) is 3.11. The zero-order chi connectivity index (χ0) is 16.5. The van der Waals surface area contributed by atoms with Gasteiger partial charge in [-0.3, -0.25) is 0 Å². The SMILES string of the molecule is CCCCCCCCCCCCCCCC(O)C(N)CCC. The summed E-state index contributed by atoms with van der Waals surface area (Å²) in [5, 5.41) is 9.90. The molecular weight excluding hydrogens is 270 g/mol. The van der Waals surface area contributed by atoms with E-state index in [1.165, 1.54) is 77.0 Å². The second kappa shape index (κ2) is 17.3. The van der Waals surface area contributed by atoms with Crippen LogP contribution < -0.4 is 5.73 Å². The Hall–Kier alpha value is -0.0800. The molecule has 0 aliphatic carbocycles. The van der Waals surface area contributed by atoms with Crippen LogP contribution in [0.4, 0.5) is 0 Å². The number of aliphatic hydroxyl groups is 1. The highest BCUT2D eigenvalue weighted by Crippen LogP contribution is 2.14. The molecule has 2 heteroatoms. The highest BCUT2D eigenvalue weighted by Gasteiger charge is 2.12. The molecule has 0 heterocycles. The van der Waals surface area contributed by atoms with Gasteiger partial charge in [-0.25, -0.2) is 0 Å². The van der Waals surface area contributed by atoms with Gasteiger partial charge in [0.1, 0.15) is 0 Å². The lowest BCUT2D eigenvalue weighted by Crippen LogP contribution is -2.34. The Labute approximate surface area is 140 Å². The number of nitrogens with two attached hydrogens (primary N) is 1. The predicted molar refractivity (Wildman–Crippen MR) is 99.2 cm³/mol. The minimum absolute atomic E-state index is 0.0117. The van der Waals surface area contributed by atoms with E-state index in [0.29, 0.717) is 0 Å². The third-order valence-electron chi connectivity index (χ3n) is 4.72. The summed E-state index contributed by atoms with van der Waals surface area (Å²) in [6.45, 7) is 4.40. The normalized spacial score (nSPS) is 14.2. The molecule has 0 aliphatic heterocycles. The minimum atomic E-state index is -0.285. The first-order valence-electron chi connectivity index (χ1n) is 10.2. The van der Waals surface area contributed by atoms with Gasteiger partial charge in [-0.1, -0.05) is 104 Å². The maximum Gasteiger partial charge on any atom is 0.0691 e. The van der Waals surface area contributed by atoms with Gasteiger partial charge in [-0.05, 0) is 12.8 Å². The van der Waals surface area contributed by atoms with Gasteiger partial charge in [0.15, 0.2) is 0 Å². The van der Waals surface area contributed by atoms with Gasteiger partial charge < -0.3 is 10.8 Å². The molecule has 0 aromatic heterocycles. The van der Waals surface area contributed by atoms with Crippen LogP contribution in [0.15, 0.2) is 0 Å². The first-order valence-corrected chi connectivity index (χ1v) is 10.2. The number of unbranched alkanes of at least 4 members (excludes halogenated alkanes) is 12. The quantitative estimate of drug-likeness (QED) is 0.326. The largest absolute Gasteiger partial charge is 0.392 e. The number of rotatable bonds is 17. The van der Waals surface area contributed by atoms with Gasteiger partial charge in [0.25, 0.3) is 0 Å². The average Bonchev–Trinajstić information content (AvgIpc) is 2.51. The van der Waals surface area contributed by atoms with Crippen LogP contribution in [0.5, 0.6) is 0 Å². The maximum absolute atomic E-state index is 9.90. The molecule has 0 aliphatic rings. The summed E-state index contributed by atoms with van der Waals surface area (Å²) in [4.78, 5) is 0. The summed E-state index contributed by atoms with van der Waals surface area (Å²) < 4.78 is 0. The van der Waals surface area contributed by atoms with E-state index >= 15 is 0 Å². The van der Waals surface area contributed by atoms with E-state index in [0.717, 1.165) is 25.7 Å². The lowest BCUT2D eigenvalue weighted by Gasteiger charge is -2.17. The summed E-state index contributed by atoms with van der Waals surface area (Å²) in [6.07, 6.45) is 20.5. The minimum Gasteiger partial charge on any atom is -0.392 e. The molecule has 0 rings (SSSR count). The second-order valence-corrected chi connectivity index (χ2v) is 7.05. The molecule has 2 nitrogen and oxygen atoms in total. The third-order valence-corrected chi connectivity index (χ3v) is 4.72. The highest BCUT2D eigenvalue weighted by atomic mass is 16.3. The van der Waals surface area contributed by atoms with Crippen LogP contribution in [0.3, 0.4) is 0 Å².